The van der Waals surface area contributed by atoms with E-state index >= 15 is 4.39 Å². The van der Waals surface area contributed by atoms with Crippen LogP contribution in [0.25, 0.3) is 0 Å². The molecule has 0 unspecified atom stereocenters. The minimum atomic E-state index is -5.22. The first-order chi connectivity index (χ1) is 14.3. The summed E-state index contributed by atoms with van der Waals surface area (Å²) >= 11 is 0. The van der Waals surface area contributed by atoms with Gasteiger partial charge in [0.2, 0.25) is 10.0 Å². The lowest BCUT2D eigenvalue weighted by Crippen LogP contribution is -2.29. The number of aliphatic carboxylic acids is 1. The molecule has 0 radical (unpaired) electrons. The lowest BCUT2D eigenvalue weighted by molar-refractivity contribution is -0.147. The fourth-order valence-corrected chi connectivity index (χ4v) is 5.53. The summed E-state index contributed by atoms with van der Waals surface area (Å²) in [6, 6.07) is -0.614. The van der Waals surface area contributed by atoms with Crippen molar-refractivity contribution in [1.29, 1.82) is 0 Å². The molecule has 174 valence electrons. The molecule has 31 heavy (non-hydrogen) atoms. The van der Waals surface area contributed by atoms with Crippen molar-refractivity contribution < 1.29 is 44.7 Å². The van der Waals surface area contributed by atoms with Crippen LogP contribution < -0.4 is 10.5 Å². The highest BCUT2D eigenvalue weighted by molar-refractivity contribution is 7.92. The zero-order valence-electron chi connectivity index (χ0n) is 16.2. The average Bonchev–Trinajstić information content (AvgIpc) is 2.59. The molecule has 14 heteroatoms. The highest BCUT2D eigenvalue weighted by Gasteiger charge is 2.38. The van der Waals surface area contributed by atoms with Crippen molar-refractivity contribution in [3.8, 4) is 0 Å². The van der Waals surface area contributed by atoms with Gasteiger partial charge in [-0.15, -0.1) is 0 Å². The van der Waals surface area contributed by atoms with Gasteiger partial charge in [0.1, 0.15) is 10.6 Å². The molecule has 0 spiro atoms. The summed E-state index contributed by atoms with van der Waals surface area (Å²) in [4.78, 5) is 18.6. The van der Waals surface area contributed by atoms with Crippen LogP contribution in [-0.4, -0.2) is 45.5 Å². The number of ketones is 1. The molecule has 0 heterocycles. The summed E-state index contributed by atoms with van der Waals surface area (Å²) in [5.74, 6) is -12.4. The van der Waals surface area contributed by atoms with Crippen LogP contribution >= 0.6 is 0 Å². The van der Waals surface area contributed by atoms with Gasteiger partial charge in [0.25, 0.3) is 5.78 Å². The van der Waals surface area contributed by atoms with Crippen LogP contribution in [0.5, 0.6) is 0 Å². The molecule has 1 aliphatic carbocycles. The molecule has 0 aliphatic heterocycles. The molecule has 1 saturated carbocycles. The molecule has 0 amide bonds. The summed E-state index contributed by atoms with van der Waals surface area (Å²) < 4.78 is 92.5. The van der Waals surface area contributed by atoms with E-state index in [2.05, 4.69) is 5.32 Å². The Balaban J connectivity index is 2.73. The third kappa shape index (κ3) is 5.74. The van der Waals surface area contributed by atoms with E-state index in [0.29, 0.717) is 25.7 Å². The van der Waals surface area contributed by atoms with E-state index < -0.39 is 76.3 Å². The van der Waals surface area contributed by atoms with E-state index in [-0.39, 0.29) is 0 Å². The Bertz CT molecular complexity index is 1100. The number of hydrogen-bond acceptors (Lipinski definition) is 7. The van der Waals surface area contributed by atoms with Gasteiger partial charge in [0.15, 0.2) is 32.2 Å². The zero-order valence-corrected chi connectivity index (χ0v) is 17.8. The van der Waals surface area contributed by atoms with Crippen LogP contribution in [0, 0.1) is 17.5 Å². The highest BCUT2D eigenvalue weighted by Crippen LogP contribution is 2.36. The number of anilines is 1. The first-order valence-electron chi connectivity index (χ1n) is 9.26. The molecular weight excluding hydrogens is 465 g/mol. The van der Waals surface area contributed by atoms with Gasteiger partial charge in [-0.1, -0.05) is 32.1 Å². The highest BCUT2D eigenvalue weighted by atomic mass is 32.2. The number of sulfonamides is 1. The maximum atomic E-state index is 15.0. The number of carbonyl (C=O) groups excluding carboxylic acids is 1. The first kappa shape index (κ1) is 25.1. The van der Waals surface area contributed by atoms with Gasteiger partial charge in [-0.05, 0) is 12.8 Å². The number of benzene rings is 1. The number of sulfone groups is 1. The number of nitrogens with two attached hydrogens (primary N) is 1. The normalized spacial score (nSPS) is 16.4. The monoisotopic (exact) mass is 486 g/mol. The Morgan fingerprint density at radius 3 is 1.87 bits per heavy atom. The lowest BCUT2D eigenvalue weighted by atomic mass is 9.96. The van der Waals surface area contributed by atoms with Gasteiger partial charge in [0, 0.05) is 6.04 Å². The number of carboxylic acids is 1. The van der Waals surface area contributed by atoms with E-state index in [1.165, 1.54) is 0 Å². The van der Waals surface area contributed by atoms with Crippen molar-refractivity contribution in [2.24, 2.45) is 5.14 Å². The minimum Gasteiger partial charge on any atom is -0.475 e. The Hall–Kier alpha value is -2.19. The largest absolute Gasteiger partial charge is 0.475 e. The molecular formula is C17H21F3N2O7S2. The predicted molar refractivity (Wildman–Crippen MR) is 102 cm³/mol. The number of halogens is 3. The smallest absolute Gasteiger partial charge is 0.373 e. The van der Waals surface area contributed by atoms with Crippen LogP contribution in [0.4, 0.5) is 18.9 Å². The third-order valence-corrected chi connectivity index (χ3v) is 7.42. The number of Topliss-reactive ketones (excluding diaryl/α,β-unsaturated/α-hetero) is 1. The van der Waals surface area contributed by atoms with Crippen molar-refractivity contribution in [2.75, 3.05) is 11.1 Å². The van der Waals surface area contributed by atoms with E-state index in [1.807, 2.05) is 0 Å². The fraction of sp³-hybridized carbons (Fsp3) is 0.529. The average molecular weight is 486 g/mol. The van der Waals surface area contributed by atoms with E-state index in [1.54, 1.807) is 0 Å². The van der Waals surface area contributed by atoms with Crippen LogP contribution in [0.1, 0.15) is 44.9 Å². The first-order valence-corrected chi connectivity index (χ1v) is 12.5. The summed E-state index contributed by atoms with van der Waals surface area (Å²) in [6.45, 7) is 0. The summed E-state index contributed by atoms with van der Waals surface area (Å²) in [5.41, 5.74) is -1.20. The van der Waals surface area contributed by atoms with Gasteiger partial charge in [-0.2, -0.15) is 0 Å². The number of primary sulfonamides is 1. The lowest BCUT2D eigenvalue weighted by Gasteiger charge is -2.25. The number of rotatable bonds is 7. The maximum absolute atomic E-state index is 15.0. The molecule has 1 aliphatic rings. The molecule has 0 bridgehead atoms. The Labute approximate surface area is 176 Å². The summed E-state index contributed by atoms with van der Waals surface area (Å²) in [6.07, 6.45) is 4.74. The molecule has 0 aromatic heterocycles. The standard InChI is InChI=1S/C17H21F3N2O7S2/c18-11-12(19)16(30(26,27)8-10(23)17(24)25)14(13(20)15(11)31(21,28)29)22-9-6-4-2-1-3-5-7-9/h9,22H,1-8H2,(H,24,25)(H2,21,28,29). The second kappa shape index (κ2) is 9.53. The molecule has 2 rings (SSSR count). The van der Waals surface area contributed by atoms with Crippen molar-refractivity contribution in [2.45, 2.75) is 60.8 Å². The topological polar surface area (TPSA) is 161 Å². The third-order valence-electron chi connectivity index (χ3n) is 4.85. The molecule has 4 N–H and O–H groups in total. The SMILES string of the molecule is NS(=O)(=O)c1c(F)c(F)c(S(=O)(=O)CC(=O)C(=O)O)c(NC2CCCCCCC2)c1F. The van der Waals surface area contributed by atoms with Crippen LogP contribution in [0.2, 0.25) is 0 Å². The molecule has 1 fully saturated rings. The van der Waals surface area contributed by atoms with Crippen molar-refractivity contribution >= 4 is 37.3 Å². The van der Waals surface area contributed by atoms with Gasteiger partial charge < -0.3 is 10.4 Å². The second-order valence-electron chi connectivity index (χ2n) is 7.19. The molecule has 0 saturated heterocycles. The minimum absolute atomic E-state index is 0.399. The Kier molecular flexibility index (Phi) is 7.70. The van der Waals surface area contributed by atoms with Crippen molar-refractivity contribution in [3.63, 3.8) is 0 Å². The maximum Gasteiger partial charge on any atom is 0.373 e. The van der Waals surface area contributed by atoms with Gasteiger partial charge in [-0.25, -0.2) is 39.9 Å². The van der Waals surface area contributed by atoms with Crippen molar-refractivity contribution in [3.05, 3.63) is 17.5 Å². The quantitative estimate of drug-likeness (QED) is 0.388. The summed E-state index contributed by atoms with van der Waals surface area (Å²) in [7, 11) is -10.4. The molecule has 1 aromatic carbocycles. The Morgan fingerprint density at radius 1 is 0.903 bits per heavy atom. The Morgan fingerprint density at radius 2 is 1.39 bits per heavy atom. The predicted octanol–water partition coefficient (Wildman–Crippen LogP) is 1.70. The molecule has 1 aromatic rings. The van der Waals surface area contributed by atoms with Gasteiger partial charge in [-0.3, -0.25) is 4.79 Å². The molecule has 9 nitrogen and oxygen atoms in total. The van der Waals surface area contributed by atoms with E-state index in [4.69, 9.17) is 10.2 Å². The zero-order chi connectivity index (χ0) is 23.6. The van der Waals surface area contributed by atoms with Crippen molar-refractivity contribution in [1.82, 2.24) is 0 Å². The van der Waals surface area contributed by atoms with Gasteiger partial charge >= 0.3 is 5.97 Å². The number of nitrogens with one attached hydrogen (secondary N) is 1. The van der Waals surface area contributed by atoms with Crippen LogP contribution in [0.3, 0.4) is 0 Å². The second-order valence-corrected chi connectivity index (χ2v) is 10.6. The number of carbonyl (C=O) groups is 2. The molecule has 0 atom stereocenters. The van der Waals surface area contributed by atoms with E-state index in [9.17, 15) is 35.2 Å². The number of carboxylic acid groups (broad SMARTS) is 1. The fourth-order valence-electron chi connectivity index (χ4n) is 3.40. The van der Waals surface area contributed by atoms with E-state index in [0.717, 1.165) is 19.3 Å². The van der Waals surface area contributed by atoms with Gasteiger partial charge in [0.05, 0.1) is 5.69 Å². The summed E-state index contributed by atoms with van der Waals surface area (Å²) in [5, 5.41) is 15.8. The van der Waals surface area contributed by atoms with Crippen LogP contribution in [-0.2, 0) is 29.4 Å². The van der Waals surface area contributed by atoms with Crippen LogP contribution in [0.15, 0.2) is 9.79 Å². The number of hydrogen-bond donors (Lipinski definition) is 3.